The standard InChI is InChI=1S/C22H28FO5P/c1-14-11-21(17-6-8-18(23)9-7-17)20(16(3)15(14)2)5-4-10-28-29(27)13-19(24)12-22(25)26/h6-9,11,19,24,29H,4-5,10,12-13H2,1-3H3,(H,25,26). The Morgan fingerprint density at radius 1 is 1.17 bits per heavy atom. The van der Waals surface area contributed by atoms with Crippen LogP contribution in [0, 0.1) is 26.6 Å². The number of carboxylic acid groups (broad SMARTS) is 1. The average Bonchev–Trinajstić information content (AvgIpc) is 2.64. The van der Waals surface area contributed by atoms with Crippen LogP contribution in [0.15, 0.2) is 30.3 Å². The van der Waals surface area contributed by atoms with Gasteiger partial charge in [-0.25, -0.2) is 4.39 Å². The summed E-state index contributed by atoms with van der Waals surface area (Å²) in [5.74, 6) is -1.41. The highest BCUT2D eigenvalue weighted by Crippen LogP contribution is 2.32. The summed E-state index contributed by atoms with van der Waals surface area (Å²) in [5, 5.41) is 18.2. The van der Waals surface area contributed by atoms with Crippen molar-refractivity contribution >= 4 is 14.0 Å². The Morgan fingerprint density at radius 2 is 1.83 bits per heavy atom. The third kappa shape index (κ3) is 6.77. The number of aryl methyl sites for hydroxylation is 1. The molecule has 0 radical (unpaired) electrons. The highest BCUT2D eigenvalue weighted by atomic mass is 31.1. The lowest BCUT2D eigenvalue weighted by molar-refractivity contribution is -0.138. The van der Waals surface area contributed by atoms with E-state index in [2.05, 4.69) is 26.8 Å². The van der Waals surface area contributed by atoms with Crippen molar-refractivity contribution in [2.75, 3.05) is 12.8 Å². The van der Waals surface area contributed by atoms with Crippen molar-refractivity contribution in [3.05, 3.63) is 58.4 Å². The molecule has 2 unspecified atom stereocenters. The normalized spacial score (nSPS) is 13.3. The molecule has 0 aliphatic rings. The van der Waals surface area contributed by atoms with Gasteiger partial charge >= 0.3 is 5.97 Å². The van der Waals surface area contributed by atoms with Gasteiger partial charge in [-0.1, -0.05) is 18.2 Å². The van der Waals surface area contributed by atoms with Crippen LogP contribution in [0.4, 0.5) is 4.39 Å². The first-order valence-corrected chi connectivity index (χ1v) is 11.1. The Labute approximate surface area is 171 Å². The van der Waals surface area contributed by atoms with E-state index in [1.54, 1.807) is 12.1 Å². The maximum atomic E-state index is 13.3. The number of halogens is 1. The zero-order chi connectivity index (χ0) is 21.6. The molecule has 0 fully saturated rings. The molecule has 2 rings (SSSR count). The van der Waals surface area contributed by atoms with E-state index in [1.165, 1.54) is 28.8 Å². The fourth-order valence-corrected chi connectivity index (χ4v) is 4.32. The second-order valence-corrected chi connectivity index (χ2v) is 8.70. The van der Waals surface area contributed by atoms with Gasteiger partial charge in [-0.05, 0) is 79.1 Å². The summed E-state index contributed by atoms with van der Waals surface area (Å²) in [7, 11) is -2.48. The topological polar surface area (TPSA) is 83.8 Å². The van der Waals surface area contributed by atoms with Crippen LogP contribution in [0.5, 0.6) is 0 Å². The number of benzene rings is 2. The number of carbonyl (C=O) groups is 1. The molecule has 7 heteroatoms. The van der Waals surface area contributed by atoms with Crippen LogP contribution in [0.3, 0.4) is 0 Å². The second-order valence-electron chi connectivity index (χ2n) is 7.26. The minimum atomic E-state index is -2.48. The van der Waals surface area contributed by atoms with E-state index in [0.717, 1.165) is 16.7 Å². The third-order valence-electron chi connectivity index (χ3n) is 5.09. The lowest BCUT2D eigenvalue weighted by Gasteiger charge is -2.18. The van der Waals surface area contributed by atoms with Gasteiger partial charge in [0.2, 0.25) is 0 Å². The first-order valence-electron chi connectivity index (χ1n) is 9.60. The summed E-state index contributed by atoms with van der Waals surface area (Å²) in [6, 6.07) is 8.53. The molecule has 158 valence electrons. The largest absolute Gasteiger partial charge is 0.481 e. The minimum Gasteiger partial charge on any atom is -0.481 e. The van der Waals surface area contributed by atoms with Gasteiger partial charge in [0.05, 0.1) is 19.1 Å². The van der Waals surface area contributed by atoms with Crippen LogP contribution < -0.4 is 0 Å². The van der Waals surface area contributed by atoms with E-state index >= 15 is 0 Å². The Morgan fingerprint density at radius 3 is 2.45 bits per heavy atom. The number of aliphatic hydroxyl groups excluding tert-OH is 1. The average molecular weight is 422 g/mol. The van der Waals surface area contributed by atoms with E-state index < -0.39 is 26.5 Å². The summed E-state index contributed by atoms with van der Waals surface area (Å²) in [5.41, 5.74) is 6.69. The first kappa shape index (κ1) is 23.3. The van der Waals surface area contributed by atoms with E-state index in [1.807, 2.05) is 0 Å². The van der Waals surface area contributed by atoms with Crippen molar-refractivity contribution in [3.63, 3.8) is 0 Å². The van der Waals surface area contributed by atoms with Crippen molar-refractivity contribution in [1.82, 2.24) is 0 Å². The van der Waals surface area contributed by atoms with Crippen LogP contribution in [0.1, 0.15) is 35.1 Å². The molecule has 2 aromatic rings. The van der Waals surface area contributed by atoms with Gasteiger partial charge in [-0.2, -0.15) is 0 Å². The molecule has 0 aliphatic heterocycles. The predicted molar refractivity (Wildman–Crippen MR) is 112 cm³/mol. The summed E-state index contributed by atoms with van der Waals surface area (Å²) in [6.07, 6.45) is -0.426. The number of aliphatic carboxylic acids is 1. The summed E-state index contributed by atoms with van der Waals surface area (Å²) < 4.78 is 30.5. The maximum absolute atomic E-state index is 13.3. The number of carboxylic acids is 1. The van der Waals surface area contributed by atoms with Gasteiger partial charge in [-0.3, -0.25) is 9.36 Å². The molecule has 0 bridgehead atoms. The summed E-state index contributed by atoms with van der Waals surface area (Å²) in [4.78, 5) is 10.5. The summed E-state index contributed by atoms with van der Waals surface area (Å²) >= 11 is 0. The Kier molecular flexibility index (Phi) is 8.57. The molecule has 5 nitrogen and oxygen atoms in total. The Balaban J connectivity index is 2.05. The Bertz CT molecular complexity index is 880. The smallest absolute Gasteiger partial charge is 0.305 e. The highest BCUT2D eigenvalue weighted by Gasteiger charge is 2.15. The lowest BCUT2D eigenvalue weighted by Crippen LogP contribution is -2.15. The highest BCUT2D eigenvalue weighted by molar-refractivity contribution is 7.39. The number of rotatable bonds is 10. The monoisotopic (exact) mass is 422 g/mol. The van der Waals surface area contributed by atoms with Crippen molar-refractivity contribution in [2.45, 2.75) is 46.1 Å². The van der Waals surface area contributed by atoms with Crippen molar-refractivity contribution in [3.8, 4) is 11.1 Å². The van der Waals surface area contributed by atoms with Crippen LogP contribution in [-0.4, -0.2) is 35.1 Å². The molecule has 0 saturated heterocycles. The fourth-order valence-electron chi connectivity index (χ4n) is 3.31. The van der Waals surface area contributed by atoms with Crippen molar-refractivity contribution in [2.24, 2.45) is 0 Å². The van der Waals surface area contributed by atoms with Crippen LogP contribution >= 0.6 is 8.03 Å². The van der Waals surface area contributed by atoms with Crippen molar-refractivity contribution < 1.29 is 28.5 Å². The fraction of sp³-hybridized carbons (Fsp3) is 0.409. The number of hydrogen-bond acceptors (Lipinski definition) is 4. The number of aliphatic hydroxyl groups is 1. The predicted octanol–water partition coefficient (Wildman–Crippen LogP) is 4.68. The molecule has 0 amide bonds. The van der Waals surface area contributed by atoms with Crippen LogP contribution in [0.2, 0.25) is 0 Å². The molecular formula is C22H28FO5P. The molecule has 0 spiro atoms. The molecule has 0 saturated carbocycles. The molecule has 2 N–H and O–H groups in total. The SMILES string of the molecule is Cc1cc(-c2ccc(F)cc2)c(CCCO[PH](=O)CC(O)CC(=O)O)c(C)c1C. The molecule has 29 heavy (non-hydrogen) atoms. The first-order chi connectivity index (χ1) is 13.7. The van der Waals surface area contributed by atoms with Gasteiger partial charge in [-0.15, -0.1) is 0 Å². The molecule has 2 aromatic carbocycles. The van der Waals surface area contributed by atoms with Gasteiger partial charge in [0, 0.05) is 6.16 Å². The van der Waals surface area contributed by atoms with E-state index in [0.29, 0.717) is 12.8 Å². The van der Waals surface area contributed by atoms with Gasteiger partial charge in [0.25, 0.3) is 0 Å². The zero-order valence-electron chi connectivity index (χ0n) is 17.0. The van der Waals surface area contributed by atoms with Gasteiger partial charge in [0.15, 0.2) is 8.03 Å². The minimum absolute atomic E-state index is 0.152. The van der Waals surface area contributed by atoms with Crippen LogP contribution in [-0.2, 0) is 20.3 Å². The second kappa shape index (κ2) is 10.7. The Hall–Kier alpha value is -2.01. The lowest BCUT2D eigenvalue weighted by atomic mass is 9.88. The van der Waals surface area contributed by atoms with Gasteiger partial charge < -0.3 is 14.7 Å². The number of hydrogen-bond donors (Lipinski definition) is 2. The molecular weight excluding hydrogens is 394 g/mol. The van der Waals surface area contributed by atoms with E-state index in [9.17, 15) is 18.9 Å². The van der Waals surface area contributed by atoms with Crippen LogP contribution in [0.25, 0.3) is 11.1 Å². The van der Waals surface area contributed by atoms with Crippen molar-refractivity contribution in [1.29, 1.82) is 0 Å². The quantitative estimate of drug-likeness (QED) is 0.429. The van der Waals surface area contributed by atoms with E-state index in [4.69, 9.17) is 9.63 Å². The molecule has 2 atom stereocenters. The third-order valence-corrected chi connectivity index (χ3v) is 6.43. The molecule has 0 aliphatic carbocycles. The summed E-state index contributed by atoms with van der Waals surface area (Å²) in [6.45, 7) is 6.45. The van der Waals surface area contributed by atoms with E-state index in [-0.39, 0.29) is 18.6 Å². The van der Waals surface area contributed by atoms with Gasteiger partial charge in [0.1, 0.15) is 5.82 Å². The molecule has 0 heterocycles. The maximum Gasteiger partial charge on any atom is 0.305 e. The zero-order valence-corrected chi connectivity index (χ0v) is 18.0. The molecule has 0 aromatic heterocycles.